The summed E-state index contributed by atoms with van der Waals surface area (Å²) in [5.74, 6) is 0. The number of hydrogen-bond donors (Lipinski definition) is 3. The molecule has 0 aromatic rings. The molecule has 5 nitrogen and oxygen atoms in total. The lowest BCUT2D eigenvalue weighted by Crippen LogP contribution is -2.11. The van der Waals surface area contributed by atoms with Crippen molar-refractivity contribution < 1.29 is 10.1 Å². The van der Waals surface area contributed by atoms with E-state index in [4.69, 9.17) is 16.4 Å². The Morgan fingerprint density at radius 3 is 2.55 bits per heavy atom. The highest BCUT2D eigenvalue weighted by Gasteiger charge is 2.04. The van der Waals surface area contributed by atoms with Crippen LogP contribution in [0.25, 0.3) is 0 Å². The highest BCUT2D eigenvalue weighted by Crippen LogP contribution is 2.04. The van der Waals surface area contributed by atoms with Gasteiger partial charge in [-0.25, -0.2) is 10.2 Å². The van der Waals surface area contributed by atoms with Crippen molar-refractivity contribution in [2.45, 2.75) is 19.9 Å². The van der Waals surface area contributed by atoms with Gasteiger partial charge in [0.15, 0.2) is 5.17 Å². The number of nitrogens with two attached hydrogens (primary N) is 1. The molecule has 0 bridgehead atoms. The van der Waals surface area contributed by atoms with Crippen LogP contribution in [-0.2, 0) is 4.89 Å². The van der Waals surface area contributed by atoms with E-state index in [-0.39, 0.29) is 16.4 Å². The second kappa shape index (κ2) is 4.97. The van der Waals surface area contributed by atoms with Crippen LogP contribution >= 0.6 is 11.8 Å². The van der Waals surface area contributed by atoms with E-state index in [9.17, 15) is 0 Å². The van der Waals surface area contributed by atoms with Crippen LogP contribution in [-0.4, -0.2) is 21.7 Å². The first-order valence-electron chi connectivity index (χ1n) is 2.97. The first-order valence-corrected chi connectivity index (χ1v) is 3.79. The third kappa shape index (κ3) is 5.68. The Morgan fingerprint density at radius 2 is 2.27 bits per heavy atom. The predicted molar refractivity (Wildman–Crippen MR) is 45.8 cm³/mol. The minimum atomic E-state index is -0.168. The number of rotatable bonds is 1. The molecule has 0 unspecified atom stereocenters. The summed E-state index contributed by atoms with van der Waals surface area (Å²) < 4.78 is 0. The lowest BCUT2D eigenvalue weighted by molar-refractivity contribution is -0.150. The van der Waals surface area contributed by atoms with E-state index in [1.54, 1.807) is 0 Å². The number of nitrogens with one attached hydrogen (secondary N) is 1. The van der Waals surface area contributed by atoms with Gasteiger partial charge in [0.05, 0.1) is 0 Å². The highest BCUT2D eigenvalue weighted by atomic mass is 32.2. The Kier molecular flexibility index (Phi) is 4.64. The van der Waals surface area contributed by atoms with Crippen LogP contribution in [0.2, 0.25) is 0 Å². The molecule has 6 heteroatoms. The smallest absolute Gasteiger partial charge is 0.294 e. The molecule has 0 spiro atoms. The molecule has 0 aliphatic heterocycles. The first-order chi connectivity index (χ1) is 5.06. The van der Waals surface area contributed by atoms with Crippen LogP contribution in [0.3, 0.4) is 0 Å². The van der Waals surface area contributed by atoms with E-state index >= 15 is 0 Å². The monoisotopic (exact) mass is 177 g/mol. The molecule has 11 heavy (non-hydrogen) atoms. The zero-order valence-corrected chi connectivity index (χ0v) is 7.18. The van der Waals surface area contributed by atoms with Crippen molar-refractivity contribution in [1.82, 2.24) is 0 Å². The van der Waals surface area contributed by atoms with Crippen LogP contribution < -0.4 is 5.73 Å². The molecule has 0 aliphatic carbocycles. The maximum atomic E-state index is 8.22. The summed E-state index contributed by atoms with van der Waals surface area (Å²) in [6, 6.07) is 0.00370. The number of nitrogens with zero attached hydrogens (tertiary/aromatic N) is 1. The van der Waals surface area contributed by atoms with E-state index < -0.39 is 0 Å². The fraction of sp³-hybridized carbons (Fsp3) is 0.600. The molecule has 0 saturated carbocycles. The molecule has 0 aliphatic rings. The van der Waals surface area contributed by atoms with Gasteiger partial charge in [0.2, 0.25) is 0 Å². The summed E-state index contributed by atoms with van der Waals surface area (Å²) >= 11 is 0.767. The Labute approximate surface area is 69.1 Å². The largest absolute Gasteiger partial charge is 0.378 e. The predicted octanol–water partition coefficient (Wildman–Crippen LogP) is 0.867. The summed E-state index contributed by atoms with van der Waals surface area (Å²) in [5.41, 5.74) is 5.02. The lowest BCUT2D eigenvalue weighted by Gasteiger charge is -2.01. The van der Waals surface area contributed by atoms with Crippen LogP contribution in [0.5, 0.6) is 0 Å². The molecule has 0 rings (SSSR count). The molecule has 0 saturated heterocycles. The molecule has 0 aromatic carbocycles. The topological polar surface area (TPSA) is 91.7 Å². The van der Waals surface area contributed by atoms with Crippen molar-refractivity contribution in [3.8, 4) is 0 Å². The van der Waals surface area contributed by atoms with Gasteiger partial charge >= 0.3 is 0 Å². The summed E-state index contributed by atoms with van der Waals surface area (Å²) in [6.07, 6.45) is 0. The number of hydrogen-bond acceptors (Lipinski definition) is 5. The molecule has 0 aromatic heterocycles. The van der Waals surface area contributed by atoms with E-state index in [1.807, 2.05) is 13.8 Å². The molecular formula is C5H11N3O2S. The lowest BCUT2D eigenvalue weighted by atomic mass is 10.4. The molecule has 0 atom stereocenters. The SMILES string of the molecule is CC(C)N=C(OO)SC(=N)N. The quantitative estimate of drug-likeness (QED) is 0.240. The molecule has 0 heterocycles. The fourth-order valence-electron chi connectivity index (χ4n) is 0.373. The average molecular weight is 177 g/mol. The summed E-state index contributed by atoms with van der Waals surface area (Å²) in [4.78, 5) is 7.69. The maximum absolute atomic E-state index is 8.22. The number of amidine groups is 1. The van der Waals surface area contributed by atoms with Crippen molar-refractivity contribution >= 4 is 22.2 Å². The van der Waals surface area contributed by atoms with E-state index in [0.29, 0.717) is 0 Å². The molecule has 0 amide bonds. The Morgan fingerprint density at radius 1 is 1.73 bits per heavy atom. The maximum Gasteiger partial charge on any atom is 0.294 e. The minimum Gasteiger partial charge on any atom is -0.378 e. The van der Waals surface area contributed by atoms with Crippen molar-refractivity contribution in [1.29, 1.82) is 5.41 Å². The van der Waals surface area contributed by atoms with Crippen molar-refractivity contribution in [3.63, 3.8) is 0 Å². The van der Waals surface area contributed by atoms with Crippen molar-refractivity contribution in [2.75, 3.05) is 0 Å². The molecule has 4 N–H and O–H groups in total. The van der Waals surface area contributed by atoms with Crippen LogP contribution in [0, 0.1) is 5.41 Å². The van der Waals surface area contributed by atoms with E-state index in [0.717, 1.165) is 11.8 Å². The third-order valence-electron chi connectivity index (χ3n) is 0.639. The van der Waals surface area contributed by atoms with Gasteiger partial charge in [0, 0.05) is 17.8 Å². The summed E-state index contributed by atoms with van der Waals surface area (Å²) in [6.45, 7) is 3.64. The van der Waals surface area contributed by atoms with Gasteiger partial charge in [-0.2, -0.15) is 0 Å². The average Bonchev–Trinajstić information content (AvgIpc) is 1.84. The van der Waals surface area contributed by atoms with Gasteiger partial charge in [-0.15, -0.1) is 0 Å². The standard InChI is InChI=1S/C5H11N3O2S/c1-3(2)8-5(10-9)11-4(6)7/h3,9H,1-2H3,(H3,6,7). The van der Waals surface area contributed by atoms with Crippen LogP contribution in [0.1, 0.15) is 13.8 Å². The highest BCUT2D eigenvalue weighted by molar-refractivity contribution is 8.26. The number of thioether (sulfide) groups is 1. The van der Waals surface area contributed by atoms with Crippen LogP contribution in [0.15, 0.2) is 4.99 Å². The van der Waals surface area contributed by atoms with Gasteiger partial charge in [-0.05, 0) is 13.8 Å². The minimum absolute atomic E-state index is 0.00370. The molecule has 0 fully saturated rings. The second-order valence-electron chi connectivity index (χ2n) is 2.05. The summed E-state index contributed by atoms with van der Waals surface area (Å²) in [7, 11) is 0. The van der Waals surface area contributed by atoms with Gasteiger partial charge in [-0.1, -0.05) is 0 Å². The van der Waals surface area contributed by atoms with Gasteiger partial charge < -0.3 is 10.6 Å². The zero-order chi connectivity index (χ0) is 8.85. The molecular weight excluding hydrogens is 166 g/mol. The number of aliphatic imine (C=N–C) groups is 1. The third-order valence-corrected chi connectivity index (χ3v) is 1.21. The van der Waals surface area contributed by atoms with E-state index in [2.05, 4.69) is 9.88 Å². The van der Waals surface area contributed by atoms with Crippen molar-refractivity contribution in [2.24, 2.45) is 10.7 Å². The van der Waals surface area contributed by atoms with Gasteiger partial charge in [0.25, 0.3) is 5.23 Å². The summed E-state index contributed by atoms with van der Waals surface area (Å²) in [5, 5.41) is 14.9. The van der Waals surface area contributed by atoms with E-state index in [1.165, 1.54) is 0 Å². The normalized spacial score (nSPS) is 11.8. The second-order valence-corrected chi connectivity index (χ2v) is 3.04. The zero-order valence-electron chi connectivity index (χ0n) is 6.37. The molecule has 0 radical (unpaired) electrons. The van der Waals surface area contributed by atoms with Gasteiger partial charge in [-0.3, -0.25) is 5.41 Å². The fourth-order valence-corrected chi connectivity index (χ4v) is 0.862. The first kappa shape index (κ1) is 10.2. The Balaban J connectivity index is 4.05. The van der Waals surface area contributed by atoms with Crippen LogP contribution in [0.4, 0.5) is 0 Å². The Bertz CT molecular complexity index is 169. The molecule has 64 valence electrons. The van der Waals surface area contributed by atoms with Gasteiger partial charge in [0.1, 0.15) is 0 Å². The Hall–Kier alpha value is -0.750. The van der Waals surface area contributed by atoms with Crippen molar-refractivity contribution in [3.05, 3.63) is 0 Å².